The molecule has 0 radical (unpaired) electrons. The highest BCUT2D eigenvalue weighted by Gasteiger charge is 1.98. The van der Waals surface area contributed by atoms with Crippen LogP contribution < -0.4 is 10.6 Å². The number of anilines is 2. The third-order valence-corrected chi connectivity index (χ3v) is 3.24. The zero-order valence-corrected chi connectivity index (χ0v) is 13.7. The van der Waals surface area contributed by atoms with E-state index in [0.29, 0.717) is 0 Å². The molecule has 0 unspecified atom stereocenters. The quantitative estimate of drug-likeness (QED) is 0.743. The van der Waals surface area contributed by atoms with E-state index in [0.717, 1.165) is 22.5 Å². The molecule has 0 aliphatic rings. The summed E-state index contributed by atoms with van der Waals surface area (Å²) in [6.07, 6.45) is 6.24. The maximum absolute atomic E-state index is 10.8. The minimum Gasteiger partial charge on any atom is -0.362 e. The molecule has 0 aromatic heterocycles. The van der Waals surface area contributed by atoms with Crippen LogP contribution in [0.15, 0.2) is 73.1 Å². The molecule has 2 rings (SSSR count). The zero-order chi connectivity index (χ0) is 17.4. The summed E-state index contributed by atoms with van der Waals surface area (Å²) in [6, 6.07) is 15.9. The van der Waals surface area contributed by atoms with Gasteiger partial charge in [-0.05, 0) is 61.4 Å². The summed E-state index contributed by atoms with van der Waals surface area (Å²) in [7, 11) is 0. The second-order valence-corrected chi connectivity index (χ2v) is 5.33. The van der Waals surface area contributed by atoms with Crippen LogP contribution in [0.3, 0.4) is 0 Å². The SMILES string of the molecule is CC(=O)/C=C/Nc1ccc(-c2ccc(N/C=C/C(C)=O)cc2)cc1. The molecule has 0 aliphatic heterocycles. The van der Waals surface area contributed by atoms with Crippen molar-refractivity contribution in [3.05, 3.63) is 73.1 Å². The predicted octanol–water partition coefficient (Wildman–Crippen LogP) is 4.38. The molecule has 0 heterocycles. The van der Waals surface area contributed by atoms with Crippen molar-refractivity contribution in [2.75, 3.05) is 10.6 Å². The fraction of sp³-hybridized carbons (Fsp3) is 0.100. The van der Waals surface area contributed by atoms with Crippen molar-refractivity contribution in [2.45, 2.75) is 13.8 Å². The number of ketones is 2. The standard InChI is InChI=1S/C20H20N2O2/c1-15(23)11-13-21-19-7-3-17(4-8-19)18-5-9-20(10-6-18)22-14-12-16(2)24/h3-14,21-22H,1-2H3/b13-11+,14-12+. The van der Waals surface area contributed by atoms with Gasteiger partial charge in [0.2, 0.25) is 0 Å². The highest BCUT2D eigenvalue weighted by molar-refractivity contribution is 5.88. The molecule has 122 valence electrons. The van der Waals surface area contributed by atoms with Gasteiger partial charge in [0, 0.05) is 23.8 Å². The fourth-order valence-corrected chi connectivity index (χ4v) is 2.03. The molecule has 0 spiro atoms. The minimum absolute atomic E-state index is 0.00553. The van der Waals surface area contributed by atoms with E-state index < -0.39 is 0 Å². The fourth-order valence-electron chi connectivity index (χ4n) is 2.03. The molecular formula is C20H20N2O2. The monoisotopic (exact) mass is 320 g/mol. The Kier molecular flexibility index (Phi) is 6.08. The number of allylic oxidation sites excluding steroid dienone is 2. The minimum atomic E-state index is 0.00553. The smallest absolute Gasteiger partial charge is 0.154 e. The van der Waals surface area contributed by atoms with Crippen molar-refractivity contribution >= 4 is 22.9 Å². The Bertz CT molecular complexity index is 690. The van der Waals surface area contributed by atoms with Crippen LogP contribution in [0.2, 0.25) is 0 Å². The summed E-state index contributed by atoms with van der Waals surface area (Å²) < 4.78 is 0. The van der Waals surface area contributed by atoms with Crippen LogP contribution in [0.4, 0.5) is 11.4 Å². The lowest BCUT2D eigenvalue weighted by Gasteiger charge is -2.06. The van der Waals surface area contributed by atoms with Gasteiger partial charge in [0.15, 0.2) is 11.6 Å². The first-order valence-corrected chi connectivity index (χ1v) is 7.62. The lowest BCUT2D eigenvalue weighted by Crippen LogP contribution is -1.91. The zero-order valence-electron chi connectivity index (χ0n) is 13.7. The lowest BCUT2D eigenvalue weighted by atomic mass is 10.1. The Morgan fingerprint density at radius 2 is 1.00 bits per heavy atom. The van der Waals surface area contributed by atoms with Crippen LogP contribution >= 0.6 is 0 Å². The molecule has 4 heteroatoms. The van der Waals surface area contributed by atoms with Crippen LogP contribution in [-0.4, -0.2) is 11.6 Å². The molecular weight excluding hydrogens is 300 g/mol. The van der Waals surface area contributed by atoms with Crippen molar-refractivity contribution in [1.82, 2.24) is 0 Å². The van der Waals surface area contributed by atoms with Gasteiger partial charge in [-0.2, -0.15) is 0 Å². The molecule has 24 heavy (non-hydrogen) atoms. The second-order valence-electron chi connectivity index (χ2n) is 5.33. The molecule has 0 atom stereocenters. The first-order chi connectivity index (χ1) is 11.5. The van der Waals surface area contributed by atoms with Crippen molar-refractivity contribution in [2.24, 2.45) is 0 Å². The van der Waals surface area contributed by atoms with E-state index >= 15 is 0 Å². The molecule has 0 saturated heterocycles. The maximum atomic E-state index is 10.8. The van der Waals surface area contributed by atoms with Gasteiger partial charge in [-0.3, -0.25) is 9.59 Å². The molecule has 0 aliphatic carbocycles. The number of carbonyl (C=O) groups excluding carboxylic acids is 2. The Hall–Kier alpha value is -3.14. The average Bonchev–Trinajstić information content (AvgIpc) is 2.56. The van der Waals surface area contributed by atoms with E-state index in [9.17, 15) is 9.59 Å². The van der Waals surface area contributed by atoms with Gasteiger partial charge in [-0.1, -0.05) is 24.3 Å². The summed E-state index contributed by atoms with van der Waals surface area (Å²) >= 11 is 0. The summed E-state index contributed by atoms with van der Waals surface area (Å²) in [6.45, 7) is 3.02. The summed E-state index contributed by atoms with van der Waals surface area (Å²) in [5, 5.41) is 6.10. The third kappa shape index (κ3) is 5.57. The number of hydrogen-bond donors (Lipinski definition) is 2. The van der Waals surface area contributed by atoms with Gasteiger partial charge in [0.25, 0.3) is 0 Å². The average molecular weight is 320 g/mol. The van der Waals surface area contributed by atoms with Crippen molar-refractivity contribution in [1.29, 1.82) is 0 Å². The van der Waals surface area contributed by atoms with Crippen LogP contribution in [0.5, 0.6) is 0 Å². The predicted molar refractivity (Wildman–Crippen MR) is 98.8 cm³/mol. The largest absolute Gasteiger partial charge is 0.362 e. The van der Waals surface area contributed by atoms with E-state index in [1.807, 2.05) is 48.5 Å². The van der Waals surface area contributed by atoms with Gasteiger partial charge in [0.1, 0.15) is 0 Å². The summed E-state index contributed by atoms with van der Waals surface area (Å²) in [4.78, 5) is 21.7. The Labute approximate surface area is 141 Å². The number of carbonyl (C=O) groups is 2. The number of nitrogens with one attached hydrogen (secondary N) is 2. The van der Waals surface area contributed by atoms with Crippen LogP contribution in [0.1, 0.15) is 13.8 Å². The highest BCUT2D eigenvalue weighted by Crippen LogP contribution is 2.23. The molecule has 2 aromatic carbocycles. The van der Waals surface area contributed by atoms with Crippen LogP contribution in [0, 0.1) is 0 Å². The molecule has 0 bridgehead atoms. The summed E-state index contributed by atoms with van der Waals surface area (Å²) in [5.41, 5.74) is 4.04. The molecule has 0 fully saturated rings. The van der Waals surface area contributed by atoms with Gasteiger partial charge >= 0.3 is 0 Å². The van der Waals surface area contributed by atoms with Crippen molar-refractivity contribution in [3.8, 4) is 11.1 Å². The maximum Gasteiger partial charge on any atom is 0.154 e. The van der Waals surface area contributed by atoms with Gasteiger partial charge in [-0.25, -0.2) is 0 Å². The van der Waals surface area contributed by atoms with Gasteiger partial charge in [0.05, 0.1) is 0 Å². The Morgan fingerprint density at radius 1 is 0.667 bits per heavy atom. The van der Waals surface area contributed by atoms with E-state index in [4.69, 9.17) is 0 Å². The van der Waals surface area contributed by atoms with E-state index in [1.54, 1.807) is 12.4 Å². The normalized spacial score (nSPS) is 10.9. The van der Waals surface area contributed by atoms with Gasteiger partial charge < -0.3 is 10.6 Å². The molecule has 2 N–H and O–H groups in total. The molecule has 4 nitrogen and oxygen atoms in total. The van der Waals surface area contributed by atoms with Crippen molar-refractivity contribution < 1.29 is 9.59 Å². The van der Waals surface area contributed by atoms with Crippen molar-refractivity contribution in [3.63, 3.8) is 0 Å². The Balaban J connectivity index is 2.01. The number of hydrogen-bond acceptors (Lipinski definition) is 4. The number of rotatable bonds is 7. The summed E-state index contributed by atoms with van der Waals surface area (Å²) in [5.74, 6) is 0.0111. The first kappa shape index (κ1) is 17.2. The number of benzene rings is 2. The topological polar surface area (TPSA) is 58.2 Å². The van der Waals surface area contributed by atoms with E-state index in [2.05, 4.69) is 10.6 Å². The molecule has 2 aromatic rings. The van der Waals surface area contributed by atoms with E-state index in [1.165, 1.54) is 26.0 Å². The third-order valence-electron chi connectivity index (χ3n) is 3.24. The van der Waals surface area contributed by atoms with Crippen LogP contribution in [0.25, 0.3) is 11.1 Å². The highest BCUT2D eigenvalue weighted by atomic mass is 16.1. The second kappa shape index (κ2) is 8.48. The van der Waals surface area contributed by atoms with E-state index in [-0.39, 0.29) is 11.6 Å². The van der Waals surface area contributed by atoms with Gasteiger partial charge in [-0.15, -0.1) is 0 Å². The first-order valence-electron chi connectivity index (χ1n) is 7.62. The lowest BCUT2D eigenvalue weighted by molar-refractivity contribution is -0.113. The van der Waals surface area contributed by atoms with Crippen LogP contribution in [-0.2, 0) is 9.59 Å². The molecule has 0 saturated carbocycles. The molecule has 0 amide bonds. The Morgan fingerprint density at radius 3 is 1.29 bits per heavy atom.